The van der Waals surface area contributed by atoms with Gasteiger partial charge in [0.2, 0.25) is 11.9 Å². The van der Waals surface area contributed by atoms with E-state index in [9.17, 15) is 14.7 Å². The molecule has 2 heterocycles. The minimum atomic E-state index is -1.87. The van der Waals surface area contributed by atoms with Crippen LogP contribution >= 0.6 is 11.8 Å². The molecule has 2 aliphatic heterocycles. The summed E-state index contributed by atoms with van der Waals surface area (Å²) < 4.78 is 15.1. The van der Waals surface area contributed by atoms with E-state index in [0.717, 1.165) is 0 Å². The van der Waals surface area contributed by atoms with Crippen molar-refractivity contribution < 1.29 is 28.9 Å². The first kappa shape index (κ1) is 20.8. The van der Waals surface area contributed by atoms with E-state index in [1.807, 2.05) is 13.8 Å². The molecule has 0 aliphatic carbocycles. The minimum Gasteiger partial charge on any atom is -0.460 e. The van der Waals surface area contributed by atoms with E-state index in [4.69, 9.17) is 14.2 Å². The zero-order valence-electron chi connectivity index (χ0n) is 15.5. The maximum Gasteiger partial charge on any atom is 0.330 e. The molecule has 1 N–H and O–H groups in total. The maximum atomic E-state index is 12.6. The first-order chi connectivity index (χ1) is 12.2. The summed E-state index contributed by atoms with van der Waals surface area (Å²) in [7, 11) is 0. The number of nitrogens with zero attached hydrogens (tertiary/aromatic N) is 1. The van der Waals surface area contributed by atoms with Crippen molar-refractivity contribution in [3.8, 4) is 11.8 Å². The molecule has 26 heavy (non-hydrogen) atoms. The summed E-state index contributed by atoms with van der Waals surface area (Å²) in [6.07, 6.45) is 0.648. The first-order valence-corrected chi connectivity index (χ1v) is 9.37. The Kier molecular flexibility index (Phi) is 6.40. The zero-order valence-corrected chi connectivity index (χ0v) is 16.3. The van der Waals surface area contributed by atoms with Gasteiger partial charge in [0.05, 0.1) is 0 Å². The zero-order chi connectivity index (χ0) is 19.5. The number of β-lactam (4-membered cyclic amide) rings is 1. The van der Waals surface area contributed by atoms with E-state index in [-0.39, 0.29) is 6.61 Å². The summed E-state index contributed by atoms with van der Waals surface area (Å²) in [6, 6.07) is -0.790. The first-order valence-electron chi connectivity index (χ1n) is 8.49. The quantitative estimate of drug-likeness (QED) is 0.230. The fraction of sp³-hybridized carbons (Fsp3) is 0.667. The highest BCUT2D eigenvalue weighted by Crippen LogP contribution is 2.54. The van der Waals surface area contributed by atoms with Crippen LogP contribution in [0.2, 0.25) is 0 Å². The molecule has 144 valence electrons. The van der Waals surface area contributed by atoms with Gasteiger partial charge < -0.3 is 24.2 Å². The molecule has 7 nitrogen and oxygen atoms in total. The van der Waals surface area contributed by atoms with Crippen molar-refractivity contribution in [2.45, 2.75) is 55.7 Å². The lowest BCUT2D eigenvalue weighted by atomic mass is 9.88. The molecule has 3 atom stereocenters. The van der Waals surface area contributed by atoms with Crippen LogP contribution in [0.25, 0.3) is 0 Å². The third-order valence-electron chi connectivity index (χ3n) is 4.11. The molecule has 0 saturated carbocycles. The number of carbonyl (C=O) groups is 2. The minimum absolute atomic E-state index is 0.0667. The topological polar surface area (TPSA) is 85.3 Å². The summed E-state index contributed by atoms with van der Waals surface area (Å²) in [6.45, 7) is 11.6. The lowest BCUT2D eigenvalue weighted by Crippen LogP contribution is -2.73. The molecule has 0 spiro atoms. The normalized spacial score (nSPS) is 28.8. The highest BCUT2D eigenvalue weighted by atomic mass is 32.2. The van der Waals surface area contributed by atoms with Gasteiger partial charge in [-0.05, 0) is 39.5 Å². The van der Waals surface area contributed by atoms with E-state index >= 15 is 0 Å². The van der Waals surface area contributed by atoms with Gasteiger partial charge in [-0.2, -0.15) is 0 Å². The van der Waals surface area contributed by atoms with Crippen LogP contribution in [-0.2, 0) is 23.8 Å². The molecule has 0 bridgehead atoms. The fourth-order valence-electron chi connectivity index (χ4n) is 2.96. The Morgan fingerprint density at radius 2 is 2.04 bits per heavy atom. The lowest BCUT2D eigenvalue weighted by molar-refractivity contribution is -0.180. The molecular weight excluding hydrogens is 358 g/mol. The number of rotatable bonds is 7. The van der Waals surface area contributed by atoms with Gasteiger partial charge in [0.1, 0.15) is 18.0 Å². The second kappa shape index (κ2) is 8.01. The van der Waals surface area contributed by atoms with Crippen molar-refractivity contribution in [1.29, 1.82) is 0 Å². The standard InChI is InChI=1S/C18H25NO6S/c1-6-11-25-14(20)13-17(4,5)26-16-18(22,15(21)19(13)16)10-9-12(23-7-2)24-8-3/h6,12-13,16,22H,1,7-8,11H2,2-5H3/t13-,16+,18+/m0/s1. The third-order valence-corrected chi connectivity index (χ3v) is 5.73. The molecule has 0 unspecified atom stereocenters. The Morgan fingerprint density at radius 1 is 1.42 bits per heavy atom. The van der Waals surface area contributed by atoms with Gasteiger partial charge >= 0.3 is 5.97 Å². The van der Waals surface area contributed by atoms with Crippen LogP contribution in [0.15, 0.2) is 12.7 Å². The molecule has 0 aromatic heterocycles. The average Bonchev–Trinajstić information content (AvgIpc) is 2.87. The largest absolute Gasteiger partial charge is 0.460 e. The van der Waals surface area contributed by atoms with Gasteiger partial charge in [-0.25, -0.2) is 4.79 Å². The molecule has 2 fully saturated rings. The van der Waals surface area contributed by atoms with Gasteiger partial charge in [0.15, 0.2) is 0 Å². The van der Waals surface area contributed by atoms with Crippen LogP contribution in [0.3, 0.4) is 0 Å². The fourth-order valence-corrected chi connectivity index (χ4v) is 4.54. The Hall–Kier alpha value is -1.53. The molecule has 8 heteroatoms. The smallest absolute Gasteiger partial charge is 0.330 e. The Bertz CT molecular complexity index is 633. The Morgan fingerprint density at radius 3 is 2.58 bits per heavy atom. The van der Waals surface area contributed by atoms with E-state index in [0.29, 0.717) is 13.2 Å². The van der Waals surface area contributed by atoms with Crippen molar-refractivity contribution in [2.75, 3.05) is 19.8 Å². The number of hydrogen-bond acceptors (Lipinski definition) is 7. The van der Waals surface area contributed by atoms with Crippen LogP contribution in [0.1, 0.15) is 27.7 Å². The van der Waals surface area contributed by atoms with Crippen LogP contribution in [0.5, 0.6) is 0 Å². The summed E-state index contributed by atoms with van der Waals surface area (Å²) in [4.78, 5) is 26.3. The number of thioether (sulfide) groups is 1. The molecule has 2 rings (SSSR count). The van der Waals surface area contributed by atoms with Gasteiger partial charge in [-0.3, -0.25) is 4.79 Å². The molecule has 2 aliphatic rings. The molecule has 0 radical (unpaired) electrons. The predicted octanol–water partition coefficient (Wildman–Crippen LogP) is 0.911. The lowest BCUT2D eigenvalue weighted by Gasteiger charge is -2.46. The van der Waals surface area contributed by atoms with Crippen LogP contribution in [0, 0.1) is 11.8 Å². The van der Waals surface area contributed by atoms with Crippen LogP contribution in [-0.4, -0.2) is 69.8 Å². The highest BCUT2D eigenvalue weighted by Gasteiger charge is 2.71. The Labute approximate surface area is 158 Å². The van der Waals surface area contributed by atoms with Crippen molar-refractivity contribution in [1.82, 2.24) is 4.90 Å². The number of hydrogen-bond donors (Lipinski definition) is 1. The number of carbonyl (C=O) groups excluding carboxylic acids is 2. The van der Waals surface area contributed by atoms with E-state index in [2.05, 4.69) is 18.4 Å². The van der Waals surface area contributed by atoms with Crippen LogP contribution < -0.4 is 0 Å². The number of aliphatic hydroxyl groups is 1. The van der Waals surface area contributed by atoms with Gasteiger partial charge in [0.25, 0.3) is 5.91 Å². The molecule has 1 amide bonds. The second-order valence-electron chi connectivity index (χ2n) is 6.39. The SMILES string of the molecule is C=CCOC(=O)[C@@H]1N2C(=O)[C@](O)(C#CC(OCC)OCC)[C@H]2SC1(C)C. The number of ether oxygens (including phenoxy) is 3. The van der Waals surface area contributed by atoms with Crippen LogP contribution in [0.4, 0.5) is 0 Å². The molecule has 0 aromatic carbocycles. The summed E-state index contributed by atoms with van der Waals surface area (Å²) in [5.74, 6) is 4.15. The monoisotopic (exact) mass is 383 g/mol. The van der Waals surface area contributed by atoms with Crippen molar-refractivity contribution in [2.24, 2.45) is 0 Å². The summed E-state index contributed by atoms with van der Waals surface area (Å²) in [5, 5.41) is 10.1. The van der Waals surface area contributed by atoms with Crippen molar-refractivity contribution in [3.05, 3.63) is 12.7 Å². The molecular formula is C18H25NO6S. The van der Waals surface area contributed by atoms with Crippen molar-refractivity contribution >= 4 is 23.6 Å². The maximum absolute atomic E-state index is 12.6. The number of amides is 1. The molecule has 0 aromatic rings. The van der Waals surface area contributed by atoms with E-state index in [1.54, 1.807) is 13.8 Å². The Balaban J connectivity index is 2.21. The number of fused-ring (bicyclic) bond motifs is 1. The molecule has 2 saturated heterocycles. The summed E-state index contributed by atoms with van der Waals surface area (Å²) in [5.41, 5.74) is -1.87. The van der Waals surface area contributed by atoms with Gasteiger partial charge in [-0.1, -0.05) is 12.7 Å². The van der Waals surface area contributed by atoms with E-state index < -0.39 is 39.9 Å². The summed E-state index contributed by atoms with van der Waals surface area (Å²) >= 11 is 1.32. The van der Waals surface area contributed by atoms with Gasteiger partial charge in [0, 0.05) is 18.0 Å². The van der Waals surface area contributed by atoms with E-state index in [1.165, 1.54) is 22.7 Å². The third kappa shape index (κ3) is 3.62. The van der Waals surface area contributed by atoms with Gasteiger partial charge in [-0.15, -0.1) is 11.8 Å². The average molecular weight is 383 g/mol. The second-order valence-corrected chi connectivity index (χ2v) is 8.12. The van der Waals surface area contributed by atoms with Crippen molar-refractivity contribution in [3.63, 3.8) is 0 Å². The predicted molar refractivity (Wildman–Crippen MR) is 97.0 cm³/mol. The number of esters is 1. The highest BCUT2D eigenvalue weighted by molar-refractivity contribution is 8.01.